The fourth-order valence-electron chi connectivity index (χ4n) is 1.33. The molecule has 0 aliphatic carbocycles. The molecule has 0 aromatic carbocycles. The molecule has 0 radical (unpaired) electrons. The number of aromatic nitrogens is 2. The molecular formula is C12H12N2O3S. The molecule has 0 saturated heterocycles. The van der Waals surface area contributed by atoms with Crippen molar-refractivity contribution in [2.45, 2.75) is 13.5 Å². The zero-order valence-electron chi connectivity index (χ0n) is 10.0. The Kier molecular flexibility index (Phi) is 3.88. The number of hydrogen-bond donors (Lipinski definition) is 0. The summed E-state index contributed by atoms with van der Waals surface area (Å²) < 4.78 is 10.1. The van der Waals surface area contributed by atoms with E-state index in [4.69, 9.17) is 9.47 Å². The van der Waals surface area contributed by atoms with Gasteiger partial charge in [-0.25, -0.2) is 14.8 Å². The van der Waals surface area contributed by atoms with E-state index in [0.29, 0.717) is 16.5 Å². The van der Waals surface area contributed by atoms with Gasteiger partial charge in [-0.3, -0.25) is 0 Å². The van der Waals surface area contributed by atoms with Gasteiger partial charge in [0.2, 0.25) is 5.88 Å². The van der Waals surface area contributed by atoms with Crippen molar-refractivity contribution in [3.05, 3.63) is 40.0 Å². The van der Waals surface area contributed by atoms with Crippen LogP contribution in [0.15, 0.2) is 23.8 Å². The van der Waals surface area contributed by atoms with Crippen LogP contribution in [0.4, 0.5) is 0 Å². The maximum absolute atomic E-state index is 11.7. The summed E-state index contributed by atoms with van der Waals surface area (Å²) in [5.41, 5.74) is 3.13. The quantitative estimate of drug-likeness (QED) is 0.792. The van der Waals surface area contributed by atoms with Crippen LogP contribution < -0.4 is 4.74 Å². The Morgan fingerprint density at radius 3 is 2.78 bits per heavy atom. The third-order valence-electron chi connectivity index (χ3n) is 2.31. The maximum atomic E-state index is 11.7. The van der Waals surface area contributed by atoms with E-state index in [-0.39, 0.29) is 12.6 Å². The molecule has 0 bridgehead atoms. The number of methoxy groups -OCH3 is 1. The minimum atomic E-state index is -0.356. The van der Waals surface area contributed by atoms with E-state index in [1.165, 1.54) is 11.3 Å². The smallest absolute Gasteiger partial charge is 0.350 e. The first-order valence-corrected chi connectivity index (χ1v) is 6.15. The lowest BCUT2D eigenvalue weighted by Gasteiger charge is -2.04. The molecule has 0 aliphatic heterocycles. The van der Waals surface area contributed by atoms with Gasteiger partial charge in [0.15, 0.2) is 0 Å². The molecular weight excluding hydrogens is 252 g/mol. The first-order chi connectivity index (χ1) is 8.70. The average Bonchev–Trinajstić information content (AvgIpc) is 2.83. The number of rotatable bonds is 4. The number of nitrogens with zero attached hydrogens (tertiary/aromatic N) is 2. The van der Waals surface area contributed by atoms with Crippen molar-refractivity contribution >= 4 is 17.3 Å². The molecule has 5 nitrogen and oxygen atoms in total. The summed E-state index contributed by atoms with van der Waals surface area (Å²) in [6.07, 6.45) is 1.62. The van der Waals surface area contributed by atoms with Crippen LogP contribution in [-0.4, -0.2) is 23.0 Å². The normalized spacial score (nSPS) is 10.1. The van der Waals surface area contributed by atoms with Crippen LogP contribution >= 0.6 is 11.3 Å². The van der Waals surface area contributed by atoms with Gasteiger partial charge in [0.05, 0.1) is 18.3 Å². The molecule has 0 saturated carbocycles. The topological polar surface area (TPSA) is 61.3 Å². The van der Waals surface area contributed by atoms with Crippen molar-refractivity contribution in [1.82, 2.24) is 9.97 Å². The molecule has 0 unspecified atom stereocenters. The molecule has 0 aliphatic rings. The first-order valence-electron chi connectivity index (χ1n) is 5.27. The molecule has 0 N–H and O–H groups in total. The monoisotopic (exact) mass is 264 g/mol. The van der Waals surface area contributed by atoms with E-state index in [9.17, 15) is 4.79 Å². The molecule has 0 spiro atoms. The number of carbonyl (C=O) groups is 1. The zero-order valence-corrected chi connectivity index (χ0v) is 10.9. The first kappa shape index (κ1) is 12.5. The minimum Gasteiger partial charge on any atom is -0.481 e. The van der Waals surface area contributed by atoms with E-state index < -0.39 is 0 Å². The Bertz CT molecular complexity index is 537. The summed E-state index contributed by atoms with van der Waals surface area (Å²) in [7, 11) is 1.55. The molecule has 94 valence electrons. The number of hydrogen-bond acceptors (Lipinski definition) is 6. The van der Waals surface area contributed by atoms with Crippen LogP contribution in [0, 0.1) is 6.92 Å². The number of carbonyl (C=O) groups excluding carboxylic acids is 1. The minimum absolute atomic E-state index is 0.188. The molecule has 2 aromatic heterocycles. The Morgan fingerprint density at radius 1 is 1.39 bits per heavy atom. The van der Waals surface area contributed by atoms with E-state index in [0.717, 1.165) is 5.56 Å². The Labute approximate surface area is 108 Å². The lowest BCUT2D eigenvalue weighted by atomic mass is 10.3. The summed E-state index contributed by atoms with van der Waals surface area (Å²) in [5.74, 6) is 0.175. The Hall–Kier alpha value is -1.95. The highest BCUT2D eigenvalue weighted by atomic mass is 32.1. The number of aryl methyl sites for hydroxylation is 1. The van der Waals surface area contributed by atoms with Gasteiger partial charge in [0, 0.05) is 17.8 Å². The van der Waals surface area contributed by atoms with Gasteiger partial charge in [0.25, 0.3) is 0 Å². The van der Waals surface area contributed by atoms with Crippen molar-refractivity contribution in [2.75, 3.05) is 7.11 Å². The number of thiazole rings is 1. The van der Waals surface area contributed by atoms with Crippen LogP contribution in [0.25, 0.3) is 0 Å². The fourth-order valence-corrected chi connectivity index (χ4v) is 2.02. The summed E-state index contributed by atoms with van der Waals surface area (Å²) in [6.45, 7) is 1.97. The van der Waals surface area contributed by atoms with E-state index in [1.54, 1.807) is 37.9 Å². The second-order valence-corrected chi connectivity index (χ2v) is 4.41. The molecule has 6 heteroatoms. The fraction of sp³-hybridized carbons (Fsp3) is 0.250. The third kappa shape index (κ3) is 2.84. The molecule has 2 aromatic rings. The maximum Gasteiger partial charge on any atom is 0.350 e. The predicted molar refractivity (Wildman–Crippen MR) is 66.8 cm³/mol. The highest BCUT2D eigenvalue weighted by Gasteiger charge is 2.13. The van der Waals surface area contributed by atoms with Crippen LogP contribution in [0.3, 0.4) is 0 Å². The lowest BCUT2D eigenvalue weighted by molar-refractivity contribution is 0.0477. The molecule has 0 amide bonds. The van der Waals surface area contributed by atoms with Crippen molar-refractivity contribution in [1.29, 1.82) is 0 Å². The van der Waals surface area contributed by atoms with Gasteiger partial charge < -0.3 is 9.47 Å². The molecule has 2 rings (SSSR count). The zero-order chi connectivity index (χ0) is 13.0. The van der Waals surface area contributed by atoms with Gasteiger partial charge in [-0.15, -0.1) is 11.3 Å². The summed E-state index contributed by atoms with van der Waals surface area (Å²) in [5, 5.41) is 0. The van der Waals surface area contributed by atoms with Crippen LogP contribution in [0.1, 0.15) is 20.9 Å². The Morgan fingerprint density at radius 2 is 2.22 bits per heavy atom. The summed E-state index contributed by atoms with van der Waals surface area (Å²) in [6, 6.07) is 3.53. The average molecular weight is 264 g/mol. The van der Waals surface area contributed by atoms with Gasteiger partial charge >= 0.3 is 5.97 Å². The number of esters is 1. The predicted octanol–water partition coefficient (Wildman–Crippen LogP) is 2.21. The van der Waals surface area contributed by atoms with E-state index in [1.807, 2.05) is 0 Å². The van der Waals surface area contributed by atoms with Crippen LogP contribution in [0.2, 0.25) is 0 Å². The summed E-state index contributed by atoms with van der Waals surface area (Å²) >= 11 is 1.28. The van der Waals surface area contributed by atoms with Gasteiger partial charge in [-0.05, 0) is 13.0 Å². The second kappa shape index (κ2) is 5.59. The van der Waals surface area contributed by atoms with E-state index in [2.05, 4.69) is 9.97 Å². The van der Waals surface area contributed by atoms with Crippen molar-refractivity contribution in [3.8, 4) is 5.88 Å². The molecule has 0 fully saturated rings. The van der Waals surface area contributed by atoms with Crippen molar-refractivity contribution in [2.24, 2.45) is 0 Å². The van der Waals surface area contributed by atoms with Gasteiger partial charge in [-0.1, -0.05) is 0 Å². The standard InChI is InChI=1S/C12H12N2O3S/c1-8-11(18-7-14-8)12(15)17-6-9-3-4-10(16-2)13-5-9/h3-5,7H,6H2,1-2H3. The highest BCUT2D eigenvalue weighted by molar-refractivity contribution is 7.11. The third-order valence-corrected chi connectivity index (χ3v) is 3.22. The van der Waals surface area contributed by atoms with Crippen LogP contribution in [-0.2, 0) is 11.3 Å². The van der Waals surface area contributed by atoms with Crippen molar-refractivity contribution < 1.29 is 14.3 Å². The molecule has 0 atom stereocenters. The van der Waals surface area contributed by atoms with Gasteiger partial charge in [0.1, 0.15) is 11.5 Å². The van der Waals surface area contributed by atoms with Crippen molar-refractivity contribution in [3.63, 3.8) is 0 Å². The second-order valence-electron chi connectivity index (χ2n) is 3.55. The largest absolute Gasteiger partial charge is 0.481 e. The lowest BCUT2D eigenvalue weighted by Crippen LogP contribution is -2.05. The Balaban J connectivity index is 1.95. The van der Waals surface area contributed by atoms with E-state index >= 15 is 0 Å². The van der Waals surface area contributed by atoms with Gasteiger partial charge in [-0.2, -0.15) is 0 Å². The molecule has 18 heavy (non-hydrogen) atoms. The SMILES string of the molecule is COc1ccc(COC(=O)c2scnc2C)cn1. The highest BCUT2D eigenvalue weighted by Crippen LogP contribution is 2.15. The molecule has 2 heterocycles. The van der Waals surface area contributed by atoms with Crippen LogP contribution in [0.5, 0.6) is 5.88 Å². The summed E-state index contributed by atoms with van der Waals surface area (Å²) in [4.78, 5) is 20.3. The number of pyridine rings is 1. The number of ether oxygens (including phenoxy) is 2.